The van der Waals surface area contributed by atoms with E-state index in [-0.39, 0.29) is 28.9 Å². The van der Waals surface area contributed by atoms with Gasteiger partial charge in [-0.05, 0) is 24.3 Å². The van der Waals surface area contributed by atoms with Crippen molar-refractivity contribution in [3.63, 3.8) is 0 Å². The smallest absolute Gasteiger partial charge is 0.271 e. The van der Waals surface area contributed by atoms with E-state index in [1.165, 1.54) is 0 Å². The first-order valence-corrected chi connectivity index (χ1v) is 11.3. The standard InChI is InChI=1S/C22H26Cl2N6O2/c1-11-14(31)10-22(18(11)25)6-8-30(9-7-22)21-17(19(26)32)28-16(20(27-2)29-21)12-4-3-5-13(23)15(12)24/h3-5,11,18H,6-10,25H2,1-2H3,(H2,26,32)(H,27,29)/t11-,18+/m1/s1. The molecule has 2 aromatic rings. The number of nitrogens with two attached hydrogens (primary N) is 2. The summed E-state index contributed by atoms with van der Waals surface area (Å²) in [7, 11) is 1.72. The first-order valence-electron chi connectivity index (χ1n) is 10.6. The van der Waals surface area contributed by atoms with Crippen molar-refractivity contribution in [2.45, 2.75) is 32.2 Å². The SMILES string of the molecule is CNc1nc(N2CCC3(CC2)CC(=O)[C@@H](C)[C@@H]3N)c(C(N)=O)nc1-c1cccc(Cl)c1Cl. The van der Waals surface area contributed by atoms with Crippen LogP contribution in [0.25, 0.3) is 11.3 Å². The molecule has 1 saturated carbocycles. The van der Waals surface area contributed by atoms with Crippen molar-refractivity contribution < 1.29 is 9.59 Å². The van der Waals surface area contributed by atoms with Crippen LogP contribution in [0, 0.1) is 11.3 Å². The highest BCUT2D eigenvalue weighted by Crippen LogP contribution is 2.47. The van der Waals surface area contributed by atoms with Crippen LogP contribution in [0.4, 0.5) is 11.6 Å². The maximum absolute atomic E-state index is 12.3. The number of nitrogens with one attached hydrogen (secondary N) is 1. The second-order valence-corrected chi connectivity index (χ2v) is 9.40. The van der Waals surface area contributed by atoms with Crippen molar-refractivity contribution in [3.05, 3.63) is 33.9 Å². The lowest BCUT2D eigenvalue weighted by atomic mass is 9.73. The van der Waals surface area contributed by atoms with E-state index in [9.17, 15) is 9.59 Å². The summed E-state index contributed by atoms with van der Waals surface area (Å²) in [5.74, 6) is 0.278. The number of halogens is 2. The fraction of sp³-hybridized carbons (Fsp3) is 0.455. The average Bonchev–Trinajstić information content (AvgIpc) is 2.98. The highest BCUT2D eigenvalue weighted by molar-refractivity contribution is 6.43. The molecule has 32 heavy (non-hydrogen) atoms. The molecule has 2 fully saturated rings. The molecule has 2 atom stereocenters. The predicted octanol–water partition coefficient (Wildman–Crippen LogP) is 3.11. The number of nitrogens with zero attached hydrogens (tertiary/aromatic N) is 3. The van der Waals surface area contributed by atoms with Crippen molar-refractivity contribution in [2.75, 3.05) is 30.4 Å². The Morgan fingerprint density at radius 1 is 1.25 bits per heavy atom. The minimum Gasteiger partial charge on any atom is -0.371 e. The number of rotatable bonds is 4. The van der Waals surface area contributed by atoms with E-state index in [0.717, 1.165) is 12.8 Å². The molecule has 8 nitrogen and oxygen atoms in total. The minimum absolute atomic E-state index is 0.0613. The van der Waals surface area contributed by atoms with E-state index in [0.29, 0.717) is 52.4 Å². The number of hydrogen-bond acceptors (Lipinski definition) is 7. The summed E-state index contributed by atoms with van der Waals surface area (Å²) in [6.07, 6.45) is 1.98. The molecule has 1 saturated heterocycles. The van der Waals surface area contributed by atoms with Crippen molar-refractivity contribution >= 4 is 46.5 Å². The summed E-state index contributed by atoms with van der Waals surface area (Å²) in [6, 6.07) is 5.03. The van der Waals surface area contributed by atoms with Gasteiger partial charge < -0.3 is 21.7 Å². The second kappa shape index (κ2) is 8.50. The first kappa shape index (κ1) is 22.8. The molecule has 0 unspecified atom stereocenters. The van der Waals surface area contributed by atoms with E-state index in [4.69, 9.17) is 39.7 Å². The number of Topliss-reactive ketones (excluding diaryl/α,β-unsaturated/α-hetero) is 1. The van der Waals surface area contributed by atoms with Crippen LogP contribution in [-0.4, -0.2) is 47.8 Å². The van der Waals surface area contributed by atoms with Gasteiger partial charge in [0.05, 0.1) is 10.0 Å². The van der Waals surface area contributed by atoms with Gasteiger partial charge in [-0.15, -0.1) is 0 Å². The van der Waals surface area contributed by atoms with Crippen LogP contribution in [0.2, 0.25) is 10.0 Å². The van der Waals surface area contributed by atoms with Crippen LogP contribution in [-0.2, 0) is 4.79 Å². The molecule has 1 spiro atoms. The quantitative estimate of drug-likeness (QED) is 0.618. The summed E-state index contributed by atoms with van der Waals surface area (Å²) in [6.45, 7) is 3.11. The monoisotopic (exact) mass is 476 g/mol. The molecule has 170 valence electrons. The van der Waals surface area contributed by atoms with Gasteiger partial charge >= 0.3 is 0 Å². The third-order valence-corrected chi connectivity index (χ3v) is 7.71. The summed E-state index contributed by atoms with van der Waals surface area (Å²) >= 11 is 12.6. The lowest BCUT2D eigenvalue weighted by Crippen LogP contribution is -2.49. The molecule has 2 heterocycles. The second-order valence-electron chi connectivity index (χ2n) is 8.62. The third-order valence-electron chi connectivity index (χ3n) is 6.89. The Morgan fingerprint density at radius 2 is 1.94 bits per heavy atom. The van der Waals surface area contributed by atoms with Crippen LogP contribution >= 0.6 is 23.2 Å². The first-order chi connectivity index (χ1) is 15.2. The Balaban J connectivity index is 1.70. The number of ketones is 1. The van der Waals surface area contributed by atoms with Gasteiger partial charge in [-0.25, -0.2) is 9.97 Å². The molecule has 1 aliphatic heterocycles. The molecule has 1 aromatic carbocycles. The number of hydrogen-bond donors (Lipinski definition) is 3. The van der Waals surface area contributed by atoms with Crippen LogP contribution in [0.15, 0.2) is 18.2 Å². The fourth-order valence-electron chi connectivity index (χ4n) is 4.89. The zero-order valence-electron chi connectivity index (χ0n) is 18.0. The van der Waals surface area contributed by atoms with Crippen molar-refractivity contribution in [3.8, 4) is 11.3 Å². The molecular weight excluding hydrogens is 451 g/mol. The van der Waals surface area contributed by atoms with E-state index in [1.54, 1.807) is 25.2 Å². The van der Waals surface area contributed by atoms with Crippen LogP contribution in [0.1, 0.15) is 36.7 Å². The van der Waals surface area contributed by atoms with Crippen molar-refractivity contribution in [1.29, 1.82) is 0 Å². The molecule has 1 amide bonds. The number of carbonyl (C=O) groups is 2. The average molecular weight is 477 g/mol. The lowest BCUT2D eigenvalue weighted by Gasteiger charge is -2.42. The molecule has 5 N–H and O–H groups in total. The summed E-state index contributed by atoms with van der Waals surface area (Å²) in [5, 5.41) is 3.72. The maximum atomic E-state index is 12.3. The Kier molecular flexibility index (Phi) is 6.04. The maximum Gasteiger partial charge on any atom is 0.271 e. The van der Waals surface area contributed by atoms with E-state index >= 15 is 0 Å². The minimum atomic E-state index is -0.684. The highest BCUT2D eigenvalue weighted by atomic mass is 35.5. The molecule has 10 heteroatoms. The summed E-state index contributed by atoms with van der Waals surface area (Å²) < 4.78 is 0. The normalized spacial score (nSPS) is 22.4. The van der Waals surface area contributed by atoms with E-state index in [1.807, 2.05) is 11.8 Å². The zero-order valence-corrected chi connectivity index (χ0v) is 19.5. The van der Waals surface area contributed by atoms with Gasteiger partial charge in [0.2, 0.25) is 0 Å². The topological polar surface area (TPSA) is 127 Å². The van der Waals surface area contributed by atoms with Gasteiger partial charge in [-0.3, -0.25) is 9.59 Å². The highest BCUT2D eigenvalue weighted by Gasteiger charge is 2.50. The van der Waals surface area contributed by atoms with Gasteiger partial charge in [0.25, 0.3) is 5.91 Å². The number of benzene rings is 1. The molecule has 4 rings (SSSR count). The number of piperidine rings is 1. The van der Waals surface area contributed by atoms with Gasteiger partial charge in [-0.1, -0.05) is 42.3 Å². The zero-order chi connectivity index (χ0) is 23.2. The summed E-state index contributed by atoms with van der Waals surface area (Å²) in [5.41, 5.74) is 12.9. The Bertz CT molecular complexity index is 1080. The van der Waals surface area contributed by atoms with Gasteiger partial charge in [-0.2, -0.15) is 0 Å². The molecule has 0 bridgehead atoms. The van der Waals surface area contributed by atoms with Gasteiger partial charge in [0.15, 0.2) is 17.3 Å². The molecule has 1 aliphatic carbocycles. The van der Waals surface area contributed by atoms with Gasteiger partial charge in [0.1, 0.15) is 11.5 Å². The van der Waals surface area contributed by atoms with E-state index < -0.39 is 5.91 Å². The summed E-state index contributed by atoms with van der Waals surface area (Å²) in [4.78, 5) is 35.8. The molecular formula is C22H26Cl2N6O2. The number of primary amides is 1. The molecule has 1 aromatic heterocycles. The number of carbonyl (C=O) groups excluding carboxylic acids is 2. The molecule has 0 radical (unpaired) electrons. The van der Waals surface area contributed by atoms with Crippen molar-refractivity contribution in [2.24, 2.45) is 22.8 Å². The largest absolute Gasteiger partial charge is 0.371 e. The van der Waals surface area contributed by atoms with Crippen LogP contribution in [0.3, 0.4) is 0 Å². The lowest BCUT2D eigenvalue weighted by molar-refractivity contribution is -0.120. The Morgan fingerprint density at radius 3 is 2.50 bits per heavy atom. The fourth-order valence-corrected chi connectivity index (χ4v) is 5.28. The van der Waals surface area contributed by atoms with Crippen LogP contribution < -0.4 is 21.7 Å². The number of aromatic nitrogens is 2. The van der Waals surface area contributed by atoms with Crippen LogP contribution in [0.5, 0.6) is 0 Å². The Labute approximate surface area is 196 Å². The number of amides is 1. The van der Waals surface area contributed by atoms with Crippen molar-refractivity contribution in [1.82, 2.24) is 9.97 Å². The Hall–Kier alpha value is -2.42. The predicted molar refractivity (Wildman–Crippen MR) is 126 cm³/mol. The van der Waals surface area contributed by atoms with E-state index in [2.05, 4.69) is 10.3 Å². The van der Waals surface area contributed by atoms with Gasteiger partial charge in [0, 0.05) is 44.1 Å². The molecule has 2 aliphatic rings. The number of anilines is 2. The third kappa shape index (κ3) is 3.70.